The van der Waals surface area contributed by atoms with E-state index in [-0.39, 0.29) is 11.8 Å². The minimum atomic E-state index is -0.781. The van der Waals surface area contributed by atoms with Gasteiger partial charge in [-0.15, -0.1) is 0 Å². The second-order valence-electron chi connectivity index (χ2n) is 7.30. The highest BCUT2D eigenvalue weighted by Crippen LogP contribution is 2.60. The lowest BCUT2D eigenvalue weighted by atomic mass is 9.58. The van der Waals surface area contributed by atoms with Gasteiger partial charge in [0.15, 0.2) is 18.2 Å². The Hall–Kier alpha value is -0.200. The highest BCUT2D eigenvalue weighted by Gasteiger charge is 2.69. The van der Waals surface area contributed by atoms with E-state index >= 15 is 0 Å². The number of fused-ring (bicyclic) bond motifs is 2. The van der Waals surface area contributed by atoms with Gasteiger partial charge in [0.25, 0.3) is 0 Å². The molecule has 8 atom stereocenters. The van der Waals surface area contributed by atoms with Gasteiger partial charge in [-0.1, -0.05) is 13.8 Å². The Balaban J connectivity index is 1.82. The van der Waals surface area contributed by atoms with Crippen LogP contribution in [0, 0.1) is 23.7 Å². The van der Waals surface area contributed by atoms with Crippen molar-refractivity contribution in [1.29, 1.82) is 0 Å². The summed E-state index contributed by atoms with van der Waals surface area (Å²) in [5.41, 5.74) is -0.549. The first-order valence-corrected chi connectivity index (χ1v) is 7.84. The summed E-state index contributed by atoms with van der Waals surface area (Å²) in [7, 11) is 0. The van der Waals surface area contributed by atoms with Crippen molar-refractivity contribution in [2.75, 3.05) is 0 Å². The molecule has 0 aromatic heterocycles. The molecule has 2 bridgehead atoms. The quantitative estimate of drug-likeness (QED) is 0.691. The van der Waals surface area contributed by atoms with E-state index in [1.165, 1.54) is 6.42 Å². The average Bonchev–Trinajstić information content (AvgIpc) is 2.63. The molecule has 1 spiro atoms. The van der Waals surface area contributed by atoms with Crippen LogP contribution in [-0.2, 0) is 19.2 Å². The maximum atomic E-state index is 10.2. The van der Waals surface area contributed by atoms with Crippen LogP contribution in [0.1, 0.15) is 46.5 Å². The number of ether oxygens (including phenoxy) is 2. The molecule has 20 heavy (non-hydrogen) atoms. The number of aliphatic hydroxyl groups is 1. The molecule has 5 aliphatic rings. The number of hydrogen-bond acceptors (Lipinski definition) is 5. The topological polar surface area (TPSA) is 57.2 Å². The zero-order chi connectivity index (χ0) is 14.1. The van der Waals surface area contributed by atoms with Crippen molar-refractivity contribution in [3.63, 3.8) is 0 Å². The Morgan fingerprint density at radius 1 is 1.05 bits per heavy atom. The lowest BCUT2D eigenvalue weighted by Gasteiger charge is -2.59. The Labute approximate surface area is 119 Å². The molecule has 4 aliphatic heterocycles. The second kappa shape index (κ2) is 4.17. The van der Waals surface area contributed by atoms with Gasteiger partial charge >= 0.3 is 0 Å². The van der Waals surface area contributed by atoms with Crippen LogP contribution in [-0.4, -0.2) is 29.1 Å². The predicted molar refractivity (Wildman–Crippen MR) is 69.0 cm³/mol. The summed E-state index contributed by atoms with van der Waals surface area (Å²) in [6.45, 7) is 6.22. The van der Waals surface area contributed by atoms with Crippen molar-refractivity contribution in [1.82, 2.24) is 0 Å². The van der Waals surface area contributed by atoms with Crippen molar-refractivity contribution in [3.8, 4) is 0 Å². The van der Waals surface area contributed by atoms with Crippen molar-refractivity contribution in [2.45, 2.75) is 70.4 Å². The molecule has 1 aliphatic carbocycles. The molecule has 4 saturated heterocycles. The molecule has 1 saturated carbocycles. The maximum Gasteiger partial charge on any atom is 0.201 e. The Morgan fingerprint density at radius 3 is 2.65 bits per heavy atom. The Bertz CT molecular complexity index is 411. The standard InChI is InChI=1S/C15H24O5/c1-8-4-5-11-9(2)12(16)17-13-15(11)10(8)6-7-14(3,18-13)19-20-15/h8-13,16H,4-7H2,1-3H3/t8?,9-,10?,11?,12?,13?,14+,15?/m1/s1. The van der Waals surface area contributed by atoms with Crippen molar-refractivity contribution >= 4 is 0 Å². The van der Waals surface area contributed by atoms with Gasteiger partial charge < -0.3 is 14.6 Å². The molecule has 0 aromatic carbocycles. The van der Waals surface area contributed by atoms with E-state index in [1.54, 1.807) is 0 Å². The zero-order valence-electron chi connectivity index (χ0n) is 12.4. The van der Waals surface area contributed by atoms with Crippen LogP contribution in [0.15, 0.2) is 0 Å². The molecule has 5 heteroatoms. The first-order chi connectivity index (χ1) is 9.46. The molecule has 1 N–H and O–H groups in total. The predicted octanol–water partition coefficient (Wildman–Crippen LogP) is 2.19. The normalized spacial score (nSPS) is 61.8. The summed E-state index contributed by atoms with van der Waals surface area (Å²) in [5, 5.41) is 10.2. The van der Waals surface area contributed by atoms with Crippen LogP contribution in [0.3, 0.4) is 0 Å². The van der Waals surface area contributed by atoms with E-state index in [0.717, 1.165) is 19.3 Å². The molecular weight excluding hydrogens is 260 g/mol. The molecule has 4 heterocycles. The Morgan fingerprint density at radius 2 is 1.85 bits per heavy atom. The summed E-state index contributed by atoms with van der Waals surface area (Å²) in [6, 6.07) is 0. The van der Waals surface area contributed by atoms with Crippen molar-refractivity contribution in [3.05, 3.63) is 0 Å². The molecule has 0 aromatic rings. The van der Waals surface area contributed by atoms with Crippen LogP contribution >= 0.6 is 0 Å². The van der Waals surface area contributed by atoms with E-state index < -0.39 is 24.0 Å². The summed E-state index contributed by atoms with van der Waals surface area (Å²) in [5.74, 6) is 0.437. The van der Waals surface area contributed by atoms with Gasteiger partial charge in [0, 0.05) is 18.3 Å². The fourth-order valence-corrected chi connectivity index (χ4v) is 4.89. The molecule has 5 nitrogen and oxygen atoms in total. The molecule has 114 valence electrons. The smallest absolute Gasteiger partial charge is 0.201 e. The Kier molecular flexibility index (Phi) is 2.81. The lowest BCUT2D eigenvalue weighted by Crippen LogP contribution is -2.70. The summed E-state index contributed by atoms with van der Waals surface area (Å²) >= 11 is 0. The van der Waals surface area contributed by atoms with Gasteiger partial charge in [-0.2, -0.15) is 0 Å². The number of hydrogen-bond donors (Lipinski definition) is 1. The van der Waals surface area contributed by atoms with Gasteiger partial charge in [0.05, 0.1) is 0 Å². The minimum absolute atomic E-state index is 0.0379. The first kappa shape index (κ1) is 13.5. The van der Waals surface area contributed by atoms with Crippen LogP contribution in [0.5, 0.6) is 0 Å². The van der Waals surface area contributed by atoms with Crippen LogP contribution in [0.4, 0.5) is 0 Å². The molecule has 5 fully saturated rings. The minimum Gasteiger partial charge on any atom is -0.368 e. The largest absolute Gasteiger partial charge is 0.368 e. The van der Waals surface area contributed by atoms with Crippen LogP contribution in [0.2, 0.25) is 0 Å². The summed E-state index contributed by atoms with van der Waals surface area (Å²) in [6.07, 6.45) is 2.72. The number of aliphatic hydroxyl groups excluding tert-OH is 1. The van der Waals surface area contributed by atoms with Gasteiger partial charge in [-0.3, -0.25) is 0 Å². The first-order valence-electron chi connectivity index (χ1n) is 7.84. The van der Waals surface area contributed by atoms with Crippen LogP contribution < -0.4 is 0 Å². The van der Waals surface area contributed by atoms with E-state index in [4.69, 9.17) is 19.2 Å². The van der Waals surface area contributed by atoms with Gasteiger partial charge in [-0.25, -0.2) is 9.78 Å². The van der Waals surface area contributed by atoms with Crippen molar-refractivity contribution < 1.29 is 24.4 Å². The lowest BCUT2D eigenvalue weighted by molar-refractivity contribution is -0.576. The SMILES string of the molecule is CC1CCC2[C@@H](C)C(O)OC3O[C@]4(C)CCC1C32OO4. The van der Waals surface area contributed by atoms with E-state index in [2.05, 4.69) is 6.92 Å². The molecule has 0 amide bonds. The maximum absolute atomic E-state index is 10.2. The third-order valence-electron chi connectivity index (χ3n) is 6.12. The van der Waals surface area contributed by atoms with Gasteiger partial charge in [0.2, 0.25) is 5.79 Å². The van der Waals surface area contributed by atoms with Crippen LogP contribution in [0.25, 0.3) is 0 Å². The zero-order valence-corrected chi connectivity index (χ0v) is 12.4. The molecule has 6 unspecified atom stereocenters. The van der Waals surface area contributed by atoms with E-state index in [9.17, 15) is 5.11 Å². The summed E-state index contributed by atoms with van der Waals surface area (Å²) in [4.78, 5) is 11.6. The molecule has 5 rings (SSSR count). The third kappa shape index (κ3) is 1.56. The number of rotatable bonds is 0. The fourth-order valence-electron chi connectivity index (χ4n) is 4.89. The fraction of sp³-hybridized carbons (Fsp3) is 1.00. The highest BCUT2D eigenvalue weighted by atomic mass is 17.3. The van der Waals surface area contributed by atoms with E-state index in [1.807, 2.05) is 13.8 Å². The van der Waals surface area contributed by atoms with E-state index in [0.29, 0.717) is 11.8 Å². The molecular formula is C15H24O5. The monoisotopic (exact) mass is 284 g/mol. The highest BCUT2D eigenvalue weighted by molar-refractivity contribution is 5.08. The summed E-state index contributed by atoms with van der Waals surface area (Å²) < 4.78 is 11.9. The van der Waals surface area contributed by atoms with Crippen molar-refractivity contribution in [2.24, 2.45) is 23.7 Å². The second-order valence-corrected chi connectivity index (χ2v) is 7.30. The average molecular weight is 284 g/mol. The van der Waals surface area contributed by atoms with Gasteiger partial charge in [0.1, 0.15) is 0 Å². The molecule has 0 radical (unpaired) electrons. The van der Waals surface area contributed by atoms with Gasteiger partial charge in [-0.05, 0) is 38.0 Å². The third-order valence-corrected chi connectivity index (χ3v) is 6.12.